The Hall–Kier alpha value is -4.47. The number of carbonyl (C=O) groups is 2. The Morgan fingerprint density at radius 2 is 1.33 bits per heavy atom. The first kappa shape index (κ1) is 31.5. The molecule has 0 aliphatic rings. The Bertz CT molecular complexity index is 1590. The molecular weight excluding hydrogens is 562 g/mol. The molecule has 0 aliphatic carbocycles. The van der Waals surface area contributed by atoms with Gasteiger partial charge in [0.1, 0.15) is 11.8 Å². The molecule has 0 spiro atoms. The number of benzene rings is 4. The maximum absolute atomic E-state index is 14.2. The fraction of sp³-hybridized carbons (Fsp3) is 0.235. The summed E-state index contributed by atoms with van der Waals surface area (Å²) in [5.41, 5.74) is 4.15. The van der Waals surface area contributed by atoms with Crippen molar-refractivity contribution >= 4 is 21.8 Å². The molecule has 1 atom stereocenters. The largest absolute Gasteiger partial charge is 0.497 e. The third-order valence-electron chi connectivity index (χ3n) is 7.08. The molecule has 0 saturated heterocycles. The van der Waals surface area contributed by atoms with Crippen LogP contribution in [0.4, 0.5) is 0 Å². The van der Waals surface area contributed by atoms with Crippen molar-refractivity contribution in [3.05, 3.63) is 137 Å². The van der Waals surface area contributed by atoms with Gasteiger partial charge in [-0.25, -0.2) is 8.42 Å². The highest BCUT2D eigenvalue weighted by atomic mass is 32.2. The first-order chi connectivity index (χ1) is 20.6. The van der Waals surface area contributed by atoms with Gasteiger partial charge in [0.05, 0.1) is 19.9 Å². The van der Waals surface area contributed by atoms with E-state index in [0.29, 0.717) is 11.3 Å². The summed E-state index contributed by atoms with van der Waals surface area (Å²) in [6.45, 7) is 1.93. The van der Waals surface area contributed by atoms with Crippen LogP contribution in [0.2, 0.25) is 0 Å². The molecule has 0 saturated carbocycles. The molecule has 43 heavy (non-hydrogen) atoms. The van der Waals surface area contributed by atoms with Crippen molar-refractivity contribution in [2.75, 3.05) is 19.9 Å². The van der Waals surface area contributed by atoms with Crippen LogP contribution in [-0.2, 0) is 39.2 Å². The highest BCUT2D eigenvalue weighted by Crippen LogP contribution is 2.26. The zero-order chi connectivity index (χ0) is 30.8. The minimum Gasteiger partial charge on any atom is -0.497 e. The Balaban J connectivity index is 1.69. The molecule has 4 rings (SSSR count). The lowest BCUT2D eigenvalue weighted by Crippen LogP contribution is -2.47. The summed E-state index contributed by atoms with van der Waals surface area (Å²) in [7, 11) is -2.19. The zero-order valence-electron chi connectivity index (χ0n) is 24.6. The van der Waals surface area contributed by atoms with Crippen LogP contribution in [0.5, 0.6) is 5.75 Å². The maximum atomic E-state index is 14.2. The van der Waals surface area contributed by atoms with Gasteiger partial charge in [0.2, 0.25) is 21.8 Å². The van der Waals surface area contributed by atoms with E-state index < -0.39 is 28.5 Å². The van der Waals surface area contributed by atoms with E-state index in [1.54, 1.807) is 31.4 Å². The maximum Gasteiger partial charge on any atom is 0.247 e. The highest BCUT2D eigenvalue weighted by molar-refractivity contribution is 7.88. The topological polar surface area (TPSA) is 96.0 Å². The quantitative estimate of drug-likeness (QED) is 0.237. The van der Waals surface area contributed by atoms with Gasteiger partial charge >= 0.3 is 0 Å². The van der Waals surface area contributed by atoms with Gasteiger partial charge in [0, 0.05) is 19.6 Å². The molecule has 4 aromatic carbocycles. The standard InChI is InChI=1S/C34H37N3O5S/c1-26-14-16-27(17-15-26)22-35-34(39)33(30-12-8-5-9-13-30)37(24-29-18-20-31(42-2)21-19-29)32(38)25-36(43(3,40)41)23-28-10-6-4-7-11-28/h4-21,33H,22-25H2,1-3H3,(H,35,39). The fourth-order valence-corrected chi connectivity index (χ4v) is 5.40. The minimum absolute atomic E-state index is 0.0252. The van der Waals surface area contributed by atoms with Gasteiger partial charge in [-0.3, -0.25) is 9.59 Å². The second-order valence-electron chi connectivity index (χ2n) is 10.4. The predicted molar refractivity (Wildman–Crippen MR) is 167 cm³/mol. The van der Waals surface area contributed by atoms with Crippen molar-refractivity contribution in [1.82, 2.24) is 14.5 Å². The smallest absolute Gasteiger partial charge is 0.247 e. The van der Waals surface area contributed by atoms with Crippen LogP contribution in [0.3, 0.4) is 0 Å². The number of hydrogen-bond donors (Lipinski definition) is 1. The predicted octanol–water partition coefficient (Wildman–Crippen LogP) is 4.85. The normalized spacial score (nSPS) is 12.0. The Kier molecular flexibility index (Phi) is 10.7. The van der Waals surface area contributed by atoms with Crippen LogP contribution in [0.25, 0.3) is 0 Å². The summed E-state index contributed by atoms with van der Waals surface area (Å²) in [6, 6.07) is 32.2. The number of carbonyl (C=O) groups excluding carboxylic acids is 2. The molecule has 0 bridgehead atoms. The molecule has 0 aliphatic heterocycles. The lowest BCUT2D eigenvalue weighted by atomic mass is 10.0. The van der Waals surface area contributed by atoms with Crippen molar-refractivity contribution in [3.8, 4) is 5.75 Å². The van der Waals surface area contributed by atoms with Crippen molar-refractivity contribution in [3.63, 3.8) is 0 Å². The summed E-state index contributed by atoms with van der Waals surface area (Å²) in [5.74, 6) is -0.220. The van der Waals surface area contributed by atoms with Crippen molar-refractivity contribution in [1.29, 1.82) is 0 Å². The molecule has 224 valence electrons. The lowest BCUT2D eigenvalue weighted by molar-refractivity contribution is -0.141. The van der Waals surface area contributed by atoms with E-state index in [1.165, 1.54) is 4.90 Å². The number of nitrogens with one attached hydrogen (secondary N) is 1. The number of amides is 2. The van der Waals surface area contributed by atoms with E-state index >= 15 is 0 Å². The fourth-order valence-electron chi connectivity index (χ4n) is 4.67. The van der Waals surface area contributed by atoms with E-state index in [-0.39, 0.29) is 25.5 Å². The van der Waals surface area contributed by atoms with E-state index in [1.807, 2.05) is 91.9 Å². The van der Waals surface area contributed by atoms with Gasteiger partial charge in [-0.1, -0.05) is 103 Å². The van der Waals surface area contributed by atoms with Gasteiger partial charge in [-0.15, -0.1) is 0 Å². The molecule has 8 nitrogen and oxygen atoms in total. The number of methoxy groups -OCH3 is 1. The van der Waals surface area contributed by atoms with Crippen LogP contribution >= 0.6 is 0 Å². The number of nitrogens with zero attached hydrogens (tertiary/aromatic N) is 2. The zero-order valence-corrected chi connectivity index (χ0v) is 25.5. The van der Waals surface area contributed by atoms with E-state index in [0.717, 1.165) is 32.8 Å². The van der Waals surface area contributed by atoms with Gasteiger partial charge in [-0.05, 0) is 41.3 Å². The van der Waals surface area contributed by atoms with Gasteiger partial charge in [0.15, 0.2) is 0 Å². The lowest BCUT2D eigenvalue weighted by Gasteiger charge is -2.33. The third-order valence-corrected chi connectivity index (χ3v) is 8.27. The summed E-state index contributed by atoms with van der Waals surface area (Å²) in [6.07, 6.45) is 1.08. The second-order valence-corrected chi connectivity index (χ2v) is 12.4. The summed E-state index contributed by atoms with van der Waals surface area (Å²) >= 11 is 0. The first-order valence-corrected chi connectivity index (χ1v) is 15.8. The third kappa shape index (κ3) is 9.01. The van der Waals surface area contributed by atoms with Crippen molar-refractivity contribution in [2.24, 2.45) is 0 Å². The SMILES string of the molecule is COc1ccc(CN(C(=O)CN(Cc2ccccc2)S(C)(=O)=O)C(C(=O)NCc2ccc(C)cc2)c2ccccc2)cc1. The molecule has 4 aromatic rings. The van der Waals surface area contributed by atoms with Crippen LogP contribution < -0.4 is 10.1 Å². The van der Waals surface area contributed by atoms with E-state index in [2.05, 4.69) is 5.32 Å². The van der Waals surface area contributed by atoms with Crippen molar-refractivity contribution < 1.29 is 22.7 Å². The van der Waals surface area contributed by atoms with Gasteiger partial charge < -0.3 is 15.0 Å². The molecule has 2 amide bonds. The van der Waals surface area contributed by atoms with Crippen molar-refractivity contribution in [2.45, 2.75) is 32.6 Å². The van der Waals surface area contributed by atoms with Crippen LogP contribution in [-0.4, -0.2) is 49.3 Å². The second kappa shape index (κ2) is 14.6. The number of ether oxygens (including phenoxy) is 1. The Labute approximate surface area is 254 Å². The number of aryl methyl sites for hydroxylation is 1. The van der Waals surface area contributed by atoms with Crippen LogP contribution in [0, 0.1) is 6.92 Å². The molecular formula is C34H37N3O5S. The Morgan fingerprint density at radius 1 is 0.767 bits per heavy atom. The molecule has 0 heterocycles. The summed E-state index contributed by atoms with van der Waals surface area (Å²) in [5, 5.41) is 3.00. The number of sulfonamides is 1. The van der Waals surface area contributed by atoms with E-state index in [4.69, 9.17) is 4.74 Å². The number of hydrogen-bond acceptors (Lipinski definition) is 5. The minimum atomic E-state index is -3.77. The first-order valence-electron chi connectivity index (χ1n) is 13.9. The molecule has 1 N–H and O–H groups in total. The average molecular weight is 600 g/mol. The van der Waals surface area contributed by atoms with Gasteiger partial charge in [-0.2, -0.15) is 4.31 Å². The average Bonchev–Trinajstić information content (AvgIpc) is 3.01. The molecule has 0 radical (unpaired) electrons. The summed E-state index contributed by atoms with van der Waals surface area (Å²) < 4.78 is 32.1. The van der Waals surface area contributed by atoms with E-state index in [9.17, 15) is 18.0 Å². The molecule has 0 aromatic heterocycles. The van der Waals surface area contributed by atoms with Crippen LogP contribution in [0.15, 0.2) is 109 Å². The number of rotatable bonds is 13. The summed E-state index contributed by atoms with van der Waals surface area (Å²) in [4.78, 5) is 29.6. The van der Waals surface area contributed by atoms with Gasteiger partial charge in [0.25, 0.3) is 0 Å². The molecule has 9 heteroatoms. The van der Waals surface area contributed by atoms with Crippen LogP contribution in [0.1, 0.15) is 33.9 Å². The highest BCUT2D eigenvalue weighted by Gasteiger charge is 2.33. The Morgan fingerprint density at radius 3 is 1.91 bits per heavy atom. The molecule has 0 fully saturated rings. The monoisotopic (exact) mass is 599 g/mol. The molecule has 1 unspecified atom stereocenters.